The Morgan fingerprint density at radius 2 is 1.67 bits per heavy atom. The van der Waals surface area contributed by atoms with E-state index in [9.17, 15) is 0 Å². The maximum absolute atomic E-state index is 3.23. The third-order valence-electron chi connectivity index (χ3n) is 2.89. The zero-order valence-corrected chi connectivity index (χ0v) is 12.0. The summed E-state index contributed by atoms with van der Waals surface area (Å²) in [4.78, 5) is 2.29. The van der Waals surface area contributed by atoms with Gasteiger partial charge < -0.3 is 4.81 Å². The maximum atomic E-state index is 3.23. The van der Waals surface area contributed by atoms with Crippen LogP contribution in [-0.2, 0) is 6.42 Å². The predicted octanol–water partition coefficient (Wildman–Crippen LogP) is 3.32. The molecule has 0 unspecified atom stereocenters. The zero-order chi connectivity index (χ0) is 13.4. The quantitative estimate of drug-likeness (QED) is 0.563. The summed E-state index contributed by atoms with van der Waals surface area (Å²) in [5.41, 5.74) is 1.36. The lowest BCUT2D eigenvalue weighted by molar-refractivity contribution is 0.315. The lowest BCUT2D eigenvalue weighted by Gasteiger charge is -2.27. The first kappa shape index (κ1) is 14.9. The molecule has 0 spiro atoms. The first-order valence-corrected chi connectivity index (χ1v) is 6.74. The predicted molar refractivity (Wildman–Crippen MR) is 80.4 cm³/mol. The third kappa shape index (κ3) is 5.43. The monoisotopic (exact) mass is 240 g/mol. The number of hydrogen-bond donors (Lipinski definition) is 0. The molecule has 0 aliphatic carbocycles. The molecule has 18 heavy (non-hydrogen) atoms. The van der Waals surface area contributed by atoms with Crippen LogP contribution in [-0.4, -0.2) is 24.3 Å². The van der Waals surface area contributed by atoms with E-state index in [1.165, 1.54) is 5.56 Å². The normalized spacial score (nSPS) is 10.6. The summed E-state index contributed by atoms with van der Waals surface area (Å²) >= 11 is 0. The summed E-state index contributed by atoms with van der Waals surface area (Å²) < 4.78 is 0. The van der Waals surface area contributed by atoms with Gasteiger partial charge >= 0.3 is 7.41 Å². The van der Waals surface area contributed by atoms with E-state index in [1.54, 1.807) is 0 Å². The second-order valence-electron chi connectivity index (χ2n) is 5.07. The Labute approximate surface area is 113 Å². The van der Waals surface area contributed by atoms with Gasteiger partial charge in [-0.1, -0.05) is 58.0 Å². The first-order chi connectivity index (χ1) is 8.61. The van der Waals surface area contributed by atoms with Crippen molar-refractivity contribution in [3.05, 3.63) is 35.9 Å². The van der Waals surface area contributed by atoms with Crippen molar-refractivity contribution in [3.63, 3.8) is 0 Å². The zero-order valence-electron chi connectivity index (χ0n) is 12.0. The number of aryl methyl sites for hydroxylation is 1. The average Bonchev–Trinajstić information content (AvgIpc) is 2.34. The van der Waals surface area contributed by atoms with Gasteiger partial charge in [0.1, 0.15) is 0 Å². The van der Waals surface area contributed by atoms with Crippen LogP contribution in [0.3, 0.4) is 0 Å². The van der Waals surface area contributed by atoms with Crippen LogP contribution in [0.4, 0.5) is 0 Å². The Morgan fingerprint density at radius 1 is 1.06 bits per heavy atom. The lowest BCUT2D eigenvalue weighted by Crippen LogP contribution is -2.39. The van der Waals surface area contributed by atoms with Crippen LogP contribution in [0.25, 0.3) is 0 Å². The molecule has 1 rings (SSSR count). The maximum Gasteiger partial charge on any atom is 0.312 e. The van der Waals surface area contributed by atoms with E-state index in [0.29, 0.717) is 12.1 Å². The smallest absolute Gasteiger partial charge is 0.312 e. The Kier molecular flexibility index (Phi) is 6.61. The molecule has 0 saturated carbocycles. The van der Waals surface area contributed by atoms with Gasteiger partial charge in [-0.25, -0.2) is 0 Å². The Morgan fingerprint density at radius 3 is 2.22 bits per heavy atom. The summed E-state index contributed by atoms with van der Waals surface area (Å²) in [7, 11) is 2.03. The molecule has 0 fully saturated rings. The van der Waals surface area contributed by atoms with Crippen molar-refractivity contribution in [1.82, 2.24) is 4.81 Å². The Balaban J connectivity index is 2.34. The second kappa shape index (κ2) is 8.00. The Bertz CT molecular complexity index is 379. The minimum Gasteiger partial charge on any atom is -0.330 e. The number of rotatable bonds is 5. The molecule has 0 aromatic heterocycles. The first-order valence-electron chi connectivity index (χ1n) is 6.74. The van der Waals surface area contributed by atoms with Gasteiger partial charge in [-0.05, 0) is 24.1 Å². The van der Waals surface area contributed by atoms with E-state index in [4.69, 9.17) is 0 Å². The largest absolute Gasteiger partial charge is 0.330 e. The molecule has 0 N–H and O–H groups in total. The van der Waals surface area contributed by atoms with Gasteiger partial charge in [0.05, 0.1) is 0 Å². The molecule has 1 nitrogen and oxygen atoms in total. The second-order valence-corrected chi connectivity index (χ2v) is 5.07. The van der Waals surface area contributed by atoms with Crippen molar-refractivity contribution >= 4 is 7.41 Å². The fourth-order valence-electron chi connectivity index (χ4n) is 1.94. The number of hydrogen-bond acceptors (Lipinski definition) is 1. The fraction of sp³-hybridized carbons (Fsp3) is 0.500. The van der Waals surface area contributed by atoms with Crippen molar-refractivity contribution in [3.8, 4) is 11.7 Å². The van der Waals surface area contributed by atoms with Crippen LogP contribution in [0, 0.1) is 11.7 Å². The molecule has 0 amide bonds. The highest BCUT2D eigenvalue weighted by molar-refractivity contribution is 6.43. The van der Waals surface area contributed by atoms with Crippen molar-refractivity contribution in [2.24, 2.45) is 0 Å². The molecular weight excluding hydrogens is 217 g/mol. The molecule has 1 aromatic rings. The van der Waals surface area contributed by atoms with Gasteiger partial charge in [-0.2, -0.15) is 0 Å². The van der Waals surface area contributed by atoms with Crippen molar-refractivity contribution in [1.29, 1.82) is 0 Å². The van der Waals surface area contributed by atoms with Gasteiger partial charge in [0, 0.05) is 6.42 Å². The fourth-order valence-corrected chi connectivity index (χ4v) is 1.94. The van der Waals surface area contributed by atoms with E-state index < -0.39 is 0 Å². The van der Waals surface area contributed by atoms with Gasteiger partial charge in [0.2, 0.25) is 0 Å². The van der Waals surface area contributed by atoms with Crippen LogP contribution >= 0.6 is 0 Å². The number of benzene rings is 1. The van der Waals surface area contributed by atoms with E-state index in [1.807, 2.05) is 13.5 Å². The molecule has 0 aliphatic rings. The van der Waals surface area contributed by atoms with E-state index >= 15 is 0 Å². The molecule has 0 saturated heterocycles. The molecular formula is C16H23BN. The van der Waals surface area contributed by atoms with Gasteiger partial charge in [-0.15, -0.1) is 11.7 Å². The van der Waals surface area contributed by atoms with Crippen molar-refractivity contribution in [2.45, 2.75) is 52.6 Å². The third-order valence-corrected chi connectivity index (χ3v) is 2.89. The van der Waals surface area contributed by atoms with Crippen LogP contribution in [0.5, 0.6) is 0 Å². The minimum atomic E-state index is 0.508. The SMILES string of the molecule is CC(C)N([B]C#CCCc1ccccc1)C(C)C. The van der Waals surface area contributed by atoms with E-state index in [0.717, 1.165) is 12.8 Å². The van der Waals surface area contributed by atoms with Crippen molar-refractivity contribution in [2.75, 3.05) is 0 Å². The summed E-state index contributed by atoms with van der Waals surface area (Å²) in [5, 5.41) is 0. The van der Waals surface area contributed by atoms with Crippen LogP contribution in [0.2, 0.25) is 0 Å². The van der Waals surface area contributed by atoms with Gasteiger partial charge in [-0.3, -0.25) is 0 Å². The highest BCUT2D eigenvalue weighted by atomic mass is 15.1. The summed E-state index contributed by atoms with van der Waals surface area (Å²) in [5.74, 6) is 6.40. The van der Waals surface area contributed by atoms with Crippen LogP contribution in [0.15, 0.2) is 30.3 Å². The Hall–Kier alpha value is -1.20. The van der Waals surface area contributed by atoms with E-state index in [2.05, 4.69) is 68.5 Å². The molecule has 1 aromatic carbocycles. The van der Waals surface area contributed by atoms with Crippen LogP contribution < -0.4 is 0 Å². The topological polar surface area (TPSA) is 3.24 Å². The molecule has 2 heteroatoms. The van der Waals surface area contributed by atoms with Gasteiger partial charge in [0.25, 0.3) is 0 Å². The van der Waals surface area contributed by atoms with Crippen LogP contribution in [0.1, 0.15) is 39.7 Å². The van der Waals surface area contributed by atoms with Gasteiger partial charge in [0.15, 0.2) is 0 Å². The highest BCUT2D eigenvalue weighted by Gasteiger charge is 2.12. The van der Waals surface area contributed by atoms with Crippen molar-refractivity contribution < 1.29 is 0 Å². The highest BCUT2D eigenvalue weighted by Crippen LogP contribution is 2.03. The lowest BCUT2D eigenvalue weighted by atomic mass is 9.88. The minimum absolute atomic E-state index is 0.508. The average molecular weight is 240 g/mol. The molecule has 95 valence electrons. The summed E-state index contributed by atoms with van der Waals surface area (Å²) in [6, 6.07) is 11.5. The standard InChI is InChI=1S/C16H23BN/c1-14(2)18(15(3)4)17-13-9-8-12-16-10-6-5-7-11-16/h5-7,10-11,14-15H,8,12H2,1-4H3. The number of nitrogens with zero attached hydrogens (tertiary/aromatic N) is 1. The van der Waals surface area contributed by atoms with E-state index in [-0.39, 0.29) is 0 Å². The summed E-state index contributed by atoms with van der Waals surface area (Å²) in [6.07, 6.45) is 1.95. The molecule has 0 aliphatic heterocycles. The molecule has 0 atom stereocenters. The summed E-state index contributed by atoms with van der Waals surface area (Å²) in [6.45, 7) is 8.79. The molecule has 0 bridgehead atoms. The molecule has 0 heterocycles. The molecule has 1 radical (unpaired) electrons.